The minimum Gasteiger partial charge on any atom is -0.330 e. The third kappa shape index (κ3) is 2.68. The van der Waals surface area contributed by atoms with Gasteiger partial charge in [-0.25, -0.2) is 0 Å². The summed E-state index contributed by atoms with van der Waals surface area (Å²) in [6.45, 7) is 7.14. The van der Waals surface area contributed by atoms with Gasteiger partial charge in [-0.3, -0.25) is 0 Å². The minimum absolute atomic E-state index is 0.0523. The molecule has 1 aromatic carbocycles. The summed E-state index contributed by atoms with van der Waals surface area (Å²) in [5.74, 6) is 0. The van der Waals surface area contributed by atoms with Crippen LogP contribution in [0.15, 0.2) is 34.1 Å². The zero-order chi connectivity index (χ0) is 13.3. The third-order valence-electron chi connectivity index (χ3n) is 3.35. The first kappa shape index (κ1) is 13.8. The molecule has 0 radical (unpaired) electrons. The highest BCUT2D eigenvalue weighted by Gasteiger charge is 2.20. The van der Waals surface area contributed by atoms with Crippen LogP contribution in [0.5, 0.6) is 0 Å². The lowest BCUT2D eigenvalue weighted by molar-refractivity contribution is 0.541. The molecule has 18 heavy (non-hydrogen) atoms. The fraction of sp³-hybridized carbons (Fsp3) is 0.333. The molecule has 0 saturated heterocycles. The number of thiophene rings is 1. The first-order valence-electron chi connectivity index (χ1n) is 5.99. The lowest BCUT2D eigenvalue weighted by Gasteiger charge is -2.20. The molecule has 0 saturated carbocycles. The number of nitrogens with two attached hydrogens (primary N) is 1. The van der Waals surface area contributed by atoms with Crippen molar-refractivity contribution >= 4 is 27.3 Å². The van der Waals surface area contributed by atoms with Gasteiger partial charge < -0.3 is 5.73 Å². The first-order chi connectivity index (χ1) is 8.44. The van der Waals surface area contributed by atoms with Gasteiger partial charge in [0.25, 0.3) is 0 Å². The van der Waals surface area contributed by atoms with Crippen LogP contribution in [0, 0.1) is 6.92 Å². The van der Waals surface area contributed by atoms with Crippen LogP contribution in [0.3, 0.4) is 0 Å². The molecule has 1 heterocycles. The van der Waals surface area contributed by atoms with Gasteiger partial charge in [0, 0.05) is 21.3 Å². The molecule has 0 aliphatic rings. The molecule has 2 rings (SSSR count). The van der Waals surface area contributed by atoms with E-state index in [1.807, 2.05) is 0 Å². The zero-order valence-corrected chi connectivity index (χ0v) is 13.4. The maximum atomic E-state index is 5.83. The summed E-state index contributed by atoms with van der Waals surface area (Å²) in [6, 6.07) is 8.76. The van der Waals surface area contributed by atoms with Crippen LogP contribution >= 0.6 is 27.3 Å². The van der Waals surface area contributed by atoms with E-state index >= 15 is 0 Å². The van der Waals surface area contributed by atoms with Crippen LogP contribution in [0.25, 0.3) is 10.4 Å². The SMILES string of the molecule is Cc1ccc(-c2cc(C(C)(C)CN)cs2)cc1Br. The highest BCUT2D eigenvalue weighted by atomic mass is 79.9. The van der Waals surface area contributed by atoms with Crippen molar-refractivity contribution in [2.75, 3.05) is 6.54 Å². The average Bonchev–Trinajstić information content (AvgIpc) is 2.83. The molecule has 1 aromatic heterocycles. The van der Waals surface area contributed by atoms with Crippen LogP contribution in [-0.2, 0) is 5.41 Å². The summed E-state index contributed by atoms with van der Waals surface area (Å²) in [5, 5.41) is 2.22. The van der Waals surface area contributed by atoms with Crippen molar-refractivity contribution in [2.24, 2.45) is 5.73 Å². The Bertz CT molecular complexity index is 557. The number of halogens is 1. The van der Waals surface area contributed by atoms with E-state index in [2.05, 4.69) is 66.3 Å². The van der Waals surface area contributed by atoms with Crippen molar-refractivity contribution in [1.29, 1.82) is 0 Å². The van der Waals surface area contributed by atoms with E-state index in [9.17, 15) is 0 Å². The third-order valence-corrected chi connectivity index (χ3v) is 5.18. The number of aryl methyl sites for hydroxylation is 1. The van der Waals surface area contributed by atoms with Crippen LogP contribution in [0.4, 0.5) is 0 Å². The Morgan fingerprint density at radius 2 is 2.00 bits per heavy atom. The summed E-state index contributed by atoms with van der Waals surface area (Å²) in [4.78, 5) is 1.30. The Balaban J connectivity index is 2.38. The van der Waals surface area contributed by atoms with Crippen molar-refractivity contribution in [3.8, 4) is 10.4 Å². The number of rotatable bonds is 3. The van der Waals surface area contributed by atoms with Gasteiger partial charge in [-0.15, -0.1) is 11.3 Å². The summed E-state index contributed by atoms with van der Waals surface area (Å²) >= 11 is 5.37. The minimum atomic E-state index is 0.0523. The zero-order valence-electron chi connectivity index (χ0n) is 11.0. The van der Waals surface area contributed by atoms with E-state index in [0.29, 0.717) is 6.54 Å². The predicted octanol–water partition coefficient (Wildman–Crippen LogP) is 4.72. The van der Waals surface area contributed by atoms with Crippen LogP contribution in [0.2, 0.25) is 0 Å². The van der Waals surface area contributed by atoms with Crippen molar-refractivity contribution in [3.05, 3.63) is 45.2 Å². The molecule has 0 atom stereocenters. The lowest BCUT2D eigenvalue weighted by Crippen LogP contribution is -2.27. The standard InChI is InChI=1S/C15H18BrNS/c1-10-4-5-11(6-13(10)16)14-7-12(8-18-14)15(2,3)9-17/h4-8H,9,17H2,1-3H3. The largest absolute Gasteiger partial charge is 0.330 e. The second-order valence-electron chi connectivity index (χ2n) is 5.25. The van der Waals surface area contributed by atoms with Crippen molar-refractivity contribution in [2.45, 2.75) is 26.2 Å². The highest BCUT2D eigenvalue weighted by molar-refractivity contribution is 9.10. The molecule has 0 aliphatic heterocycles. The number of hydrogen-bond acceptors (Lipinski definition) is 2. The number of hydrogen-bond donors (Lipinski definition) is 1. The Labute approximate surface area is 121 Å². The molecule has 96 valence electrons. The predicted molar refractivity (Wildman–Crippen MR) is 84.3 cm³/mol. The molecule has 2 aromatic rings. The fourth-order valence-corrected chi connectivity index (χ4v) is 3.18. The van der Waals surface area contributed by atoms with Gasteiger partial charge in [-0.05, 0) is 41.1 Å². The summed E-state index contributed by atoms with van der Waals surface area (Å²) in [5.41, 5.74) is 9.72. The first-order valence-corrected chi connectivity index (χ1v) is 7.67. The monoisotopic (exact) mass is 323 g/mol. The van der Waals surface area contributed by atoms with Gasteiger partial charge in [0.1, 0.15) is 0 Å². The van der Waals surface area contributed by atoms with Gasteiger partial charge in [-0.2, -0.15) is 0 Å². The highest BCUT2D eigenvalue weighted by Crippen LogP contribution is 2.34. The van der Waals surface area contributed by atoms with Crippen LogP contribution < -0.4 is 5.73 Å². The second kappa shape index (κ2) is 5.16. The molecular formula is C15H18BrNS. The van der Waals surface area contributed by atoms with Crippen LogP contribution in [0.1, 0.15) is 25.0 Å². The Morgan fingerprint density at radius 3 is 2.61 bits per heavy atom. The van der Waals surface area contributed by atoms with Gasteiger partial charge in [0.15, 0.2) is 0 Å². The Hall–Kier alpha value is -0.640. The summed E-state index contributed by atoms with van der Waals surface area (Å²) < 4.78 is 1.16. The van der Waals surface area contributed by atoms with E-state index < -0.39 is 0 Å². The lowest BCUT2D eigenvalue weighted by atomic mass is 9.86. The fourth-order valence-electron chi connectivity index (χ4n) is 1.71. The van der Waals surface area contributed by atoms with Crippen LogP contribution in [-0.4, -0.2) is 6.54 Å². The smallest absolute Gasteiger partial charge is 0.0346 e. The molecule has 2 N–H and O–H groups in total. The van der Waals surface area contributed by atoms with Gasteiger partial charge in [0.05, 0.1) is 0 Å². The second-order valence-corrected chi connectivity index (χ2v) is 7.02. The molecular weight excluding hydrogens is 306 g/mol. The molecule has 0 fully saturated rings. The maximum Gasteiger partial charge on any atom is 0.0346 e. The van der Waals surface area contributed by atoms with Crippen molar-refractivity contribution in [1.82, 2.24) is 0 Å². The van der Waals surface area contributed by atoms with E-state index in [1.165, 1.54) is 21.6 Å². The molecule has 0 aliphatic carbocycles. The Kier molecular flexibility index (Phi) is 3.95. The van der Waals surface area contributed by atoms with Gasteiger partial charge >= 0.3 is 0 Å². The molecule has 0 unspecified atom stereocenters. The van der Waals surface area contributed by atoms with Gasteiger partial charge in [0.2, 0.25) is 0 Å². The van der Waals surface area contributed by atoms with Crippen molar-refractivity contribution in [3.63, 3.8) is 0 Å². The summed E-state index contributed by atoms with van der Waals surface area (Å²) in [7, 11) is 0. The van der Waals surface area contributed by atoms with Gasteiger partial charge in [-0.1, -0.05) is 41.9 Å². The normalized spacial score (nSPS) is 11.8. The maximum absolute atomic E-state index is 5.83. The topological polar surface area (TPSA) is 26.0 Å². The number of benzene rings is 1. The van der Waals surface area contributed by atoms with E-state index in [1.54, 1.807) is 11.3 Å². The molecule has 3 heteroatoms. The van der Waals surface area contributed by atoms with E-state index in [0.717, 1.165) is 4.47 Å². The molecule has 1 nitrogen and oxygen atoms in total. The quantitative estimate of drug-likeness (QED) is 0.868. The summed E-state index contributed by atoms with van der Waals surface area (Å²) in [6.07, 6.45) is 0. The van der Waals surface area contributed by atoms with E-state index in [4.69, 9.17) is 5.73 Å². The molecule has 0 bridgehead atoms. The molecule has 0 amide bonds. The average molecular weight is 324 g/mol. The van der Waals surface area contributed by atoms with Crippen molar-refractivity contribution < 1.29 is 0 Å². The Morgan fingerprint density at radius 1 is 1.28 bits per heavy atom. The molecule has 0 spiro atoms. The van der Waals surface area contributed by atoms with E-state index in [-0.39, 0.29) is 5.41 Å².